The summed E-state index contributed by atoms with van der Waals surface area (Å²) in [6.07, 6.45) is 2.80. The molecule has 2 N–H and O–H groups in total. The summed E-state index contributed by atoms with van der Waals surface area (Å²) in [7, 11) is 4.88. The van der Waals surface area contributed by atoms with E-state index in [0.717, 1.165) is 37.9 Å². The molecule has 2 aromatic carbocycles. The number of methoxy groups -OCH3 is 3. The zero-order chi connectivity index (χ0) is 19.9. The van der Waals surface area contributed by atoms with Crippen LogP contribution in [0.15, 0.2) is 47.5 Å². The number of benzene rings is 2. The summed E-state index contributed by atoms with van der Waals surface area (Å²) in [5, 5.41) is 0. The van der Waals surface area contributed by atoms with E-state index in [-0.39, 0.29) is 0 Å². The Morgan fingerprint density at radius 2 is 1.68 bits per heavy atom. The van der Waals surface area contributed by atoms with Gasteiger partial charge in [-0.2, -0.15) is 0 Å². The van der Waals surface area contributed by atoms with E-state index in [1.54, 1.807) is 21.3 Å². The average molecular weight is 383 g/mol. The Morgan fingerprint density at radius 1 is 1.00 bits per heavy atom. The predicted molar refractivity (Wildman–Crippen MR) is 112 cm³/mol. The van der Waals surface area contributed by atoms with Crippen LogP contribution >= 0.6 is 0 Å². The molecular weight excluding hydrogens is 354 g/mol. The molecule has 0 fully saturated rings. The van der Waals surface area contributed by atoms with E-state index in [1.165, 1.54) is 5.56 Å². The van der Waals surface area contributed by atoms with Crippen molar-refractivity contribution in [3.63, 3.8) is 0 Å². The molecule has 0 saturated carbocycles. The second-order valence-corrected chi connectivity index (χ2v) is 6.87. The molecule has 1 aliphatic heterocycles. The van der Waals surface area contributed by atoms with Gasteiger partial charge in [0.1, 0.15) is 0 Å². The molecule has 0 radical (unpaired) electrons. The molecule has 0 saturated heterocycles. The van der Waals surface area contributed by atoms with Gasteiger partial charge in [-0.1, -0.05) is 30.3 Å². The van der Waals surface area contributed by atoms with Crippen LogP contribution < -0.4 is 19.9 Å². The lowest BCUT2D eigenvalue weighted by Gasteiger charge is -2.26. The summed E-state index contributed by atoms with van der Waals surface area (Å²) in [6.45, 7) is 1.62. The average Bonchev–Trinajstić information content (AvgIpc) is 3.07. The molecule has 3 rings (SSSR count). The Labute approximate surface area is 166 Å². The number of nitrogens with two attached hydrogens (primary N) is 1. The lowest BCUT2D eigenvalue weighted by atomic mass is 10.0. The van der Waals surface area contributed by atoms with Crippen LogP contribution in [0.4, 0.5) is 0 Å². The number of guanidine groups is 1. The van der Waals surface area contributed by atoms with Gasteiger partial charge < -0.3 is 24.8 Å². The SMILES string of the molecule is COc1cc(CCCN2C(N)=NC[C@@H]2Cc2ccccc2)cc(OC)c1OC. The maximum absolute atomic E-state index is 6.15. The number of nitrogens with zero attached hydrogens (tertiary/aromatic N) is 2. The molecule has 0 unspecified atom stereocenters. The first-order chi connectivity index (χ1) is 13.7. The molecule has 0 spiro atoms. The topological polar surface area (TPSA) is 69.3 Å². The lowest BCUT2D eigenvalue weighted by molar-refractivity contribution is 0.322. The highest BCUT2D eigenvalue weighted by atomic mass is 16.5. The first-order valence-electron chi connectivity index (χ1n) is 9.55. The van der Waals surface area contributed by atoms with E-state index in [4.69, 9.17) is 19.9 Å². The number of aliphatic imine (C=N–C) groups is 1. The number of ether oxygens (including phenoxy) is 3. The van der Waals surface area contributed by atoms with Gasteiger partial charge in [0, 0.05) is 6.54 Å². The van der Waals surface area contributed by atoms with Gasteiger partial charge in [-0.15, -0.1) is 0 Å². The standard InChI is InChI=1S/C22H29N3O3/c1-26-19-13-17(14-20(27-2)21(19)28-3)10-7-11-25-18(15-24-22(25)23)12-16-8-5-4-6-9-16/h4-6,8-9,13-14,18H,7,10-12,15H2,1-3H3,(H2,23,24)/t18-/m0/s1. The van der Waals surface area contributed by atoms with Crippen molar-refractivity contribution in [1.29, 1.82) is 0 Å². The molecule has 6 nitrogen and oxygen atoms in total. The monoisotopic (exact) mass is 383 g/mol. The van der Waals surface area contributed by atoms with Crippen molar-refractivity contribution in [2.24, 2.45) is 10.7 Å². The predicted octanol–water partition coefficient (Wildman–Crippen LogP) is 2.89. The van der Waals surface area contributed by atoms with Gasteiger partial charge in [-0.25, -0.2) is 0 Å². The van der Waals surface area contributed by atoms with Crippen LogP contribution in [0, 0.1) is 0 Å². The van der Waals surface area contributed by atoms with Crippen LogP contribution in [0.3, 0.4) is 0 Å². The van der Waals surface area contributed by atoms with Crippen molar-refractivity contribution < 1.29 is 14.2 Å². The van der Waals surface area contributed by atoms with Gasteiger partial charge in [0.15, 0.2) is 17.5 Å². The Balaban J connectivity index is 1.62. The van der Waals surface area contributed by atoms with E-state index >= 15 is 0 Å². The summed E-state index contributed by atoms with van der Waals surface area (Å²) < 4.78 is 16.3. The van der Waals surface area contributed by atoms with E-state index < -0.39 is 0 Å². The third kappa shape index (κ3) is 4.50. The van der Waals surface area contributed by atoms with Gasteiger partial charge in [0.25, 0.3) is 0 Å². The molecule has 0 aliphatic carbocycles. The zero-order valence-electron chi connectivity index (χ0n) is 16.9. The molecule has 1 atom stereocenters. The lowest BCUT2D eigenvalue weighted by Crippen LogP contribution is -2.42. The normalized spacial score (nSPS) is 16.0. The fourth-order valence-corrected chi connectivity index (χ4v) is 3.67. The molecular formula is C22H29N3O3. The third-order valence-corrected chi connectivity index (χ3v) is 5.10. The van der Waals surface area contributed by atoms with Crippen molar-refractivity contribution in [2.45, 2.75) is 25.3 Å². The van der Waals surface area contributed by atoms with Gasteiger partial charge in [0.05, 0.1) is 33.9 Å². The summed E-state index contributed by atoms with van der Waals surface area (Å²) in [4.78, 5) is 6.69. The number of hydrogen-bond donors (Lipinski definition) is 1. The van der Waals surface area contributed by atoms with Crippen LogP contribution in [0.5, 0.6) is 17.2 Å². The van der Waals surface area contributed by atoms with Gasteiger partial charge in [-0.05, 0) is 42.5 Å². The number of hydrogen-bond acceptors (Lipinski definition) is 6. The Kier molecular flexibility index (Phi) is 6.63. The fourth-order valence-electron chi connectivity index (χ4n) is 3.67. The third-order valence-electron chi connectivity index (χ3n) is 5.10. The van der Waals surface area contributed by atoms with Gasteiger partial charge in [-0.3, -0.25) is 4.99 Å². The van der Waals surface area contributed by atoms with Crippen molar-refractivity contribution in [2.75, 3.05) is 34.4 Å². The first kappa shape index (κ1) is 19.9. The highest BCUT2D eigenvalue weighted by Gasteiger charge is 2.25. The molecule has 6 heteroatoms. The van der Waals surface area contributed by atoms with Crippen LogP contribution in [0.1, 0.15) is 17.5 Å². The Hall–Kier alpha value is -2.89. The number of aryl methyl sites for hydroxylation is 1. The molecule has 150 valence electrons. The summed E-state index contributed by atoms with van der Waals surface area (Å²) >= 11 is 0. The molecule has 1 heterocycles. The molecule has 28 heavy (non-hydrogen) atoms. The van der Waals surface area contributed by atoms with E-state index in [9.17, 15) is 0 Å². The van der Waals surface area contributed by atoms with Gasteiger partial charge in [0.2, 0.25) is 5.75 Å². The molecule has 0 aromatic heterocycles. The summed E-state index contributed by atoms with van der Waals surface area (Å²) in [6, 6.07) is 14.8. The maximum atomic E-state index is 6.15. The molecule has 0 bridgehead atoms. The minimum atomic E-state index is 0.322. The molecule has 2 aromatic rings. The summed E-state index contributed by atoms with van der Waals surface area (Å²) in [5.41, 5.74) is 8.61. The largest absolute Gasteiger partial charge is 0.493 e. The van der Waals surface area contributed by atoms with Crippen molar-refractivity contribution in [1.82, 2.24) is 4.90 Å². The minimum absolute atomic E-state index is 0.322. The quantitative estimate of drug-likeness (QED) is 0.721. The van der Waals surface area contributed by atoms with Crippen molar-refractivity contribution in [3.05, 3.63) is 53.6 Å². The van der Waals surface area contributed by atoms with E-state index in [2.05, 4.69) is 34.2 Å². The smallest absolute Gasteiger partial charge is 0.203 e. The van der Waals surface area contributed by atoms with Crippen LogP contribution in [0.25, 0.3) is 0 Å². The first-order valence-corrected chi connectivity index (χ1v) is 9.55. The number of rotatable bonds is 9. The highest BCUT2D eigenvalue weighted by Crippen LogP contribution is 2.38. The zero-order valence-corrected chi connectivity index (χ0v) is 16.9. The maximum Gasteiger partial charge on any atom is 0.203 e. The van der Waals surface area contributed by atoms with Crippen LogP contribution in [0.2, 0.25) is 0 Å². The minimum Gasteiger partial charge on any atom is -0.493 e. The van der Waals surface area contributed by atoms with E-state index in [1.807, 2.05) is 18.2 Å². The Bertz CT molecular complexity index is 783. The van der Waals surface area contributed by atoms with E-state index in [0.29, 0.717) is 29.2 Å². The van der Waals surface area contributed by atoms with Gasteiger partial charge >= 0.3 is 0 Å². The highest BCUT2D eigenvalue weighted by molar-refractivity contribution is 5.80. The van der Waals surface area contributed by atoms with Crippen molar-refractivity contribution >= 4 is 5.96 Å². The Morgan fingerprint density at radius 3 is 2.29 bits per heavy atom. The van der Waals surface area contributed by atoms with Crippen molar-refractivity contribution in [3.8, 4) is 17.2 Å². The van der Waals surface area contributed by atoms with Crippen LogP contribution in [-0.2, 0) is 12.8 Å². The second kappa shape index (κ2) is 9.35. The summed E-state index contributed by atoms with van der Waals surface area (Å²) in [5.74, 6) is 2.63. The second-order valence-electron chi connectivity index (χ2n) is 6.87. The van der Waals surface area contributed by atoms with Crippen LogP contribution in [-0.4, -0.2) is 51.3 Å². The molecule has 1 aliphatic rings. The fraction of sp³-hybridized carbons (Fsp3) is 0.409. The molecule has 0 amide bonds.